The highest BCUT2D eigenvalue weighted by Gasteiger charge is 2.41. The molecule has 1 aromatic heterocycles. The van der Waals surface area contributed by atoms with Gasteiger partial charge >= 0.3 is 5.97 Å². The molecule has 2 aromatic rings. The SMILES string of the molecule is CCOC(=O)C(Cn1cccn1)(NC)c1ccccc1. The molecule has 0 aliphatic carbocycles. The average Bonchev–Trinajstić information content (AvgIpc) is 2.99. The number of ether oxygens (including phenoxy) is 1. The summed E-state index contributed by atoms with van der Waals surface area (Å²) in [5.41, 5.74) is -0.0834. The van der Waals surface area contributed by atoms with Gasteiger partial charge in [0.15, 0.2) is 5.54 Å². The summed E-state index contributed by atoms with van der Waals surface area (Å²) in [5, 5.41) is 7.31. The van der Waals surface area contributed by atoms with E-state index in [-0.39, 0.29) is 5.97 Å². The van der Waals surface area contributed by atoms with E-state index in [1.807, 2.05) is 42.6 Å². The zero-order chi connectivity index (χ0) is 14.4. The number of carbonyl (C=O) groups is 1. The van der Waals surface area contributed by atoms with Crippen molar-refractivity contribution in [2.45, 2.75) is 19.0 Å². The molecular formula is C15H19N3O2. The summed E-state index contributed by atoms with van der Waals surface area (Å²) in [6.07, 6.45) is 3.52. The van der Waals surface area contributed by atoms with E-state index in [0.29, 0.717) is 13.2 Å². The van der Waals surface area contributed by atoms with Gasteiger partial charge in [0, 0.05) is 12.4 Å². The average molecular weight is 273 g/mol. The Bertz CT molecular complexity index is 540. The Balaban J connectivity index is 2.43. The third-order valence-corrected chi connectivity index (χ3v) is 3.28. The van der Waals surface area contributed by atoms with Crippen LogP contribution < -0.4 is 5.32 Å². The molecule has 1 N–H and O–H groups in total. The van der Waals surface area contributed by atoms with E-state index in [4.69, 9.17) is 4.74 Å². The smallest absolute Gasteiger partial charge is 0.332 e. The van der Waals surface area contributed by atoms with E-state index in [1.54, 1.807) is 24.9 Å². The molecule has 1 unspecified atom stereocenters. The maximum absolute atomic E-state index is 12.5. The van der Waals surface area contributed by atoms with Crippen LogP contribution >= 0.6 is 0 Å². The van der Waals surface area contributed by atoms with E-state index in [9.17, 15) is 4.79 Å². The number of hydrogen-bond donors (Lipinski definition) is 1. The van der Waals surface area contributed by atoms with Gasteiger partial charge in [-0.3, -0.25) is 10.00 Å². The molecule has 0 radical (unpaired) electrons. The van der Waals surface area contributed by atoms with Gasteiger partial charge < -0.3 is 4.74 Å². The molecule has 2 rings (SSSR count). The largest absolute Gasteiger partial charge is 0.464 e. The summed E-state index contributed by atoms with van der Waals surface area (Å²) in [7, 11) is 1.76. The molecule has 1 heterocycles. The number of rotatable bonds is 6. The van der Waals surface area contributed by atoms with Crippen molar-refractivity contribution in [3.05, 3.63) is 54.4 Å². The van der Waals surface area contributed by atoms with Crippen molar-refractivity contribution < 1.29 is 9.53 Å². The summed E-state index contributed by atoms with van der Waals surface area (Å²) in [6.45, 7) is 2.52. The van der Waals surface area contributed by atoms with Crippen molar-refractivity contribution in [2.24, 2.45) is 0 Å². The van der Waals surface area contributed by atoms with Crippen molar-refractivity contribution in [1.29, 1.82) is 0 Å². The van der Waals surface area contributed by atoms with Gasteiger partial charge in [0.1, 0.15) is 0 Å². The molecule has 20 heavy (non-hydrogen) atoms. The number of nitrogens with one attached hydrogen (secondary N) is 1. The van der Waals surface area contributed by atoms with E-state index in [2.05, 4.69) is 10.4 Å². The predicted molar refractivity (Wildman–Crippen MR) is 76.0 cm³/mol. The Hall–Kier alpha value is -2.14. The standard InChI is InChI=1S/C15H19N3O2/c1-3-20-14(19)15(16-2,12-18-11-7-10-17-18)13-8-5-4-6-9-13/h4-11,16H,3,12H2,1-2H3. The van der Waals surface area contributed by atoms with E-state index < -0.39 is 5.54 Å². The van der Waals surface area contributed by atoms with Gasteiger partial charge in [-0.15, -0.1) is 0 Å². The number of benzene rings is 1. The van der Waals surface area contributed by atoms with Crippen LogP contribution in [0.2, 0.25) is 0 Å². The first-order chi connectivity index (χ1) is 9.73. The Labute approximate surface area is 118 Å². The van der Waals surface area contributed by atoms with Crippen LogP contribution in [0.3, 0.4) is 0 Å². The van der Waals surface area contributed by atoms with Gasteiger partial charge in [-0.25, -0.2) is 4.79 Å². The minimum absolute atomic E-state index is 0.302. The molecule has 0 saturated carbocycles. The molecule has 0 spiro atoms. The van der Waals surface area contributed by atoms with Gasteiger partial charge in [-0.05, 0) is 25.6 Å². The van der Waals surface area contributed by atoms with Gasteiger partial charge in [-0.1, -0.05) is 30.3 Å². The third kappa shape index (κ3) is 2.72. The Morgan fingerprint density at radius 1 is 1.35 bits per heavy atom. The van der Waals surface area contributed by atoms with Gasteiger partial charge in [0.05, 0.1) is 13.2 Å². The highest BCUT2D eigenvalue weighted by atomic mass is 16.5. The normalized spacial score (nSPS) is 13.7. The molecule has 106 valence electrons. The zero-order valence-electron chi connectivity index (χ0n) is 11.7. The lowest BCUT2D eigenvalue weighted by Gasteiger charge is -2.31. The zero-order valence-corrected chi connectivity index (χ0v) is 11.7. The molecule has 0 aliphatic heterocycles. The highest BCUT2D eigenvalue weighted by Crippen LogP contribution is 2.24. The molecule has 1 atom stereocenters. The van der Waals surface area contributed by atoms with Crippen LogP contribution in [0.5, 0.6) is 0 Å². The van der Waals surface area contributed by atoms with Gasteiger partial charge in [-0.2, -0.15) is 5.10 Å². The fraction of sp³-hybridized carbons (Fsp3) is 0.333. The second kappa shape index (κ2) is 6.34. The number of esters is 1. The van der Waals surface area contributed by atoms with Crippen molar-refractivity contribution in [1.82, 2.24) is 15.1 Å². The van der Waals surface area contributed by atoms with Crippen LogP contribution in [0.1, 0.15) is 12.5 Å². The number of nitrogens with zero attached hydrogens (tertiary/aromatic N) is 2. The summed E-state index contributed by atoms with van der Waals surface area (Å²) in [5.74, 6) is -0.302. The Morgan fingerprint density at radius 2 is 2.10 bits per heavy atom. The first-order valence-corrected chi connectivity index (χ1v) is 6.62. The van der Waals surface area contributed by atoms with Crippen molar-refractivity contribution in [3.8, 4) is 0 Å². The fourth-order valence-corrected chi connectivity index (χ4v) is 2.21. The topological polar surface area (TPSA) is 56.2 Å². The van der Waals surface area contributed by atoms with Crippen molar-refractivity contribution in [2.75, 3.05) is 13.7 Å². The second-order valence-corrected chi connectivity index (χ2v) is 4.45. The monoisotopic (exact) mass is 273 g/mol. The molecule has 0 amide bonds. The number of aromatic nitrogens is 2. The first-order valence-electron chi connectivity index (χ1n) is 6.62. The maximum Gasteiger partial charge on any atom is 0.332 e. The molecule has 5 nitrogen and oxygen atoms in total. The minimum atomic E-state index is -0.941. The van der Waals surface area contributed by atoms with Crippen LogP contribution in [-0.4, -0.2) is 29.4 Å². The molecule has 0 bridgehead atoms. The van der Waals surface area contributed by atoms with Gasteiger partial charge in [0.25, 0.3) is 0 Å². The van der Waals surface area contributed by atoms with Crippen molar-refractivity contribution >= 4 is 5.97 Å². The fourth-order valence-electron chi connectivity index (χ4n) is 2.21. The summed E-state index contributed by atoms with van der Waals surface area (Å²) < 4.78 is 6.98. The third-order valence-electron chi connectivity index (χ3n) is 3.28. The van der Waals surface area contributed by atoms with Crippen LogP contribution in [0.4, 0.5) is 0 Å². The maximum atomic E-state index is 12.5. The van der Waals surface area contributed by atoms with Crippen LogP contribution in [0, 0.1) is 0 Å². The van der Waals surface area contributed by atoms with Crippen molar-refractivity contribution in [3.63, 3.8) is 0 Å². The first kappa shape index (κ1) is 14.3. The summed E-state index contributed by atoms with van der Waals surface area (Å²) in [6, 6.07) is 11.4. The molecular weight excluding hydrogens is 254 g/mol. The molecule has 0 saturated heterocycles. The quantitative estimate of drug-likeness (QED) is 0.812. The van der Waals surface area contributed by atoms with Crippen LogP contribution in [0.15, 0.2) is 48.8 Å². The molecule has 0 aliphatic rings. The predicted octanol–water partition coefficient (Wildman–Crippen LogP) is 1.56. The van der Waals surface area contributed by atoms with Gasteiger partial charge in [0.2, 0.25) is 0 Å². The second-order valence-electron chi connectivity index (χ2n) is 4.45. The lowest BCUT2D eigenvalue weighted by molar-refractivity contribution is -0.152. The number of likely N-dealkylation sites (N-methyl/N-ethyl adjacent to an activating group) is 1. The minimum Gasteiger partial charge on any atom is -0.464 e. The molecule has 1 aromatic carbocycles. The number of hydrogen-bond acceptors (Lipinski definition) is 4. The lowest BCUT2D eigenvalue weighted by atomic mass is 9.90. The molecule has 0 fully saturated rings. The summed E-state index contributed by atoms with van der Waals surface area (Å²) >= 11 is 0. The summed E-state index contributed by atoms with van der Waals surface area (Å²) in [4.78, 5) is 12.5. The molecule has 5 heteroatoms. The Kier molecular flexibility index (Phi) is 4.53. The van der Waals surface area contributed by atoms with E-state index in [1.165, 1.54) is 0 Å². The van der Waals surface area contributed by atoms with Crippen LogP contribution in [0.25, 0.3) is 0 Å². The van der Waals surface area contributed by atoms with E-state index >= 15 is 0 Å². The van der Waals surface area contributed by atoms with E-state index in [0.717, 1.165) is 5.56 Å². The lowest BCUT2D eigenvalue weighted by Crippen LogP contribution is -2.51. The van der Waals surface area contributed by atoms with Crippen LogP contribution in [-0.2, 0) is 21.6 Å². The number of carbonyl (C=O) groups excluding carboxylic acids is 1. The Morgan fingerprint density at radius 3 is 2.65 bits per heavy atom. The highest BCUT2D eigenvalue weighted by molar-refractivity contribution is 5.82.